The first-order valence-electron chi connectivity index (χ1n) is 9.28. The fraction of sp³-hybridized carbons (Fsp3) is 0.650. The lowest BCUT2D eigenvalue weighted by atomic mass is 10.1. The SMILES string of the molecule is C\C(=C/C(F)=C(F)\C=C\CCCCC(=O)O)C(C)OCC(O)CNC(C)C. The molecule has 0 aromatic heterocycles. The third-order valence-electron chi connectivity index (χ3n) is 3.80. The Morgan fingerprint density at radius 1 is 1.19 bits per heavy atom. The molecule has 0 spiro atoms. The minimum Gasteiger partial charge on any atom is -0.481 e. The molecule has 0 aliphatic carbocycles. The fourth-order valence-electron chi connectivity index (χ4n) is 2.01. The lowest BCUT2D eigenvalue weighted by Gasteiger charge is -2.18. The molecule has 0 saturated heterocycles. The highest BCUT2D eigenvalue weighted by Crippen LogP contribution is 2.17. The molecule has 2 unspecified atom stereocenters. The van der Waals surface area contributed by atoms with E-state index < -0.39 is 29.8 Å². The predicted octanol–water partition coefficient (Wildman–Crippen LogP) is 4.05. The van der Waals surface area contributed by atoms with Gasteiger partial charge in [-0.1, -0.05) is 19.9 Å². The number of rotatable bonds is 14. The summed E-state index contributed by atoms with van der Waals surface area (Å²) >= 11 is 0. The van der Waals surface area contributed by atoms with Crippen LogP contribution in [0.2, 0.25) is 0 Å². The van der Waals surface area contributed by atoms with Crippen LogP contribution in [0.5, 0.6) is 0 Å². The number of carbonyl (C=O) groups is 1. The average molecular weight is 389 g/mol. The third kappa shape index (κ3) is 14.2. The van der Waals surface area contributed by atoms with Crippen LogP contribution in [-0.4, -0.2) is 47.6 Å². The van der Waals surface area contributed by atoms with Gasteiger partial charge in [0, 0.05) is 19.0 Å². The Balaban J connectivity index is 4.41. The topological polar surface area (TPSA) is 78.8 Å². The number of aliphatic hydroxyl groups is 1. The molecule has 0 aromatic rings. The molecule has 0 amide bonds. The summed E-state index contributed by atoms with van der Waals surface area (Å²) in [5.74, 6) is -2.84. The van der Waals surface area contributed by atoms with E-state index in [-0.39, 0.29) is 19.1 Å². The monoisotopic (exact) mass is 389 g/mol. The molecule has 5 nitrogen and oxygen atoms in total. The second-order valence-corrected chi connectivity index (χ2v) is 6.82. The maximum Gasteiger partial charge on any atom is 0.303 e. The first-order chi connectivity index (χ1) is 12.6. The quantitative estimate of drug-likeness (QED) is 0.309. The molecule has 0 aliphatic heterocycles. The Bertz CT molecular complexity index is 530. The number of ether oxygens (including phenoxy) is 1. The highest BCUT2D eigenvalue weighted by Gasteiger charge is 2.11. The van der Waals surface area contributed by atoms with Gasteiger partial charge in [0.25, 0.3) is 0 Å². The van der Waals surface area contributed by atoms with E-state index in [1.807, 2.05) is 13.8 Å². The molecule has 0 fully saturated rings. The van der Waals surface area contributed by atoms with Gasteiger partial charge in [-0.2, -0.15) is 0 Å². The van der Waals surface area contributed by atoms with Crippen molar-refractivity contribution in [3.8, 4) is 0 Å². The van der Waals surface area contributed by atoms with Gasteiger partial charge in [-0.15, -0.1) is 0 Å². The standard InChI is InChI=1S/C20H33F2NO4/c1-14(2)23-12-17(24)13-27-16(4)15(3)11-19(22)18(21)9-7-5-6-8-10-20(25)26/h7,9,11,14,16-17,23-24H,5-6,8,10,12-13H2,1-4H3,(H,25,26)/b9-7+,15-11+,19-18-. The van der Waals surface area contributed by atoms with E-state index >= 15 is 0 Å². The maximum atomic E-state index is 13.9. The van der Waals surface area contributed by atoms with Gasteiger partial charge in [0.05, 0.1) is 18.8 Å². The van der Waals surface area contributed by atoms with E-state index in [0.717, 1.165) is 12.2 Å². The normalized spacial score (nSPS) is 15.9. The molecule has 27 heavy (non-hydrogen) atoms. The predicted molar refractivity (Wildman–Crippen MR) is 103 cm³/mol. The Labute approximate surface area is 160 Å². The Hall–Kier alpha value is -1.57. The number of carboxylic acids is 1. The number of hydrogen-bond donors (Lipinski definition) is 3. The Kier molecular flexibility index (Phi) is 13.6. The minimum absolute atomic E-state index is 0.0720. The summed E-state index contributed by atoms with van der Waals surface area (Å²) in [4.78, 5) is 10.4. The molecule has 156 valence electrons. The summed E-state index contributed by atoms with van der Waals surface area (Å²) in [6, 6.07) is 0.256. The van der Waals surface area contributed by atoms with Gasteiger partial charge >= 0.3 is 5.97 Å². The van der Waals surface area contributed by atoms with Gasteiger partial charge in [-0.3, -0.25) is 4.79 Å². The van der Waals surface area contributed by atoms with Crippen molar-refractivity contribution < 1.29 is 28.5 Å². The molecule has 2 atom stereocenters. The van der Waals surface area contributed by atoms with Crippen LogP contribution in [0.1, 0.15) is 53.4 Å². The number of aliphatic carboxylic acids is 1. The molecule has 0 heterocycles. The van der Waals surface area contributed by atoms with Crippen molar-refractivity contribution in [3.63, 3.8) is 0 Å². The number of nitrogens with one attached hydrogen (secondary N) is 1. The number of aliphatic hydroxyl groups excluding tert-OH is 1. The number of carboxylic acid groups (broad SMARTS) is 1. The van der Waals surface area contributed by atoms with Gasteiger partial charge in [0.2, 0.25) is 0 Å². The molecule has 0 aliphatic rings. The summed E-state index contributed by atoms with van der Waals surface area (Å²) in [5.41, 5.74) is 0.501. The van der Waals surface area contributed by atoms with Gasteiger partial charge in [-0.25, -0.2) is 8.78 Å². The van der Waals surface area contributed by atoms with Crippen LogP contribution in [0.15, 0.2) is 35.5 Å². The van der Waals surface area contributed by atoms with Crippen molar-refractivity contribution in [2.24, 2.45) is 0 Å². The van der Waals surface area contributed by atoms with Crippen molar-refractivity contribution in [3.05, 3.63) is 35.5 Å². The van der Waals surface area contributed by atoms with Crippen LogP contribution in [0.4, 0.5) is 8.78 Å². The second kappa shape index (κ2) is 14.5. The number of unbranched alkanes of at least 4 members (excludes halogenated alkanes) is 2. The lowest BCUT2D eigenvalue weighted by molar-refractivity contribution is -0.137. The van der Waals surface area contributed by atoms with E-state index in [9.17, 15) is 18.7 Å². The van der Waals surface area contributed by atoms with Crippen molar-refractivity contribution in [2.75, 3.05) is 13.2 Å². The Morgan fingerprint density at radius 3 is 2.44 bits per heavy atom. The van der Waals surface area contributed by atoms with Crippen molar-refractivity contribution in [2.45, 2.75) is 71.6 Å². The second-order valence-electron chi connectivity index (χ2n) is 6.82. The zero-order chi connectivity index (χ0) is 20.8. The largest absolute Gasteiger partial charge is 0.481 e. The first kappa shape index (κ1) is 25.4. The first-order valence-corrected chi connectivity index (χ1v) is 9.28. The van der Waals surface area contributed by atoms with Crippen LogP contribution in [0.25, 0.3) is 0 Å². The van der Waals surface area contributed by atoms with Crippen molar-refractivity contribution >= 4 is 5.97 Å². The molecule has 0 rings (SSSR count). The van der Waals surface area contributed by atoms with E-state index in [1.54, 1.807) is 13.8 Å². The molecular formula is C20H33F2NO4. The van der Waals surface area contributed by atoms with E-state index in [2.05, 4.69) is 5.32 Å². The lowest BCUT2D eigenvalue weighted by Crippen LogP contribution is -2.35. The fourth-order valence-corrected chi connectivity index (χ4v) is 2.01. The van der Waals surface area contributed by atoms with Gasteiger partial charge in [0.1, 0.15) is 0 Å². The summed E-state index contributed by atoms with van der Waals surface area (Å²) in [7, 11) is 0. The van der Waals surface area contributed by atoms with Gasteiger partial charge in [0.15, 0.2) is 11.7 Å². The van der Waals surface area contributed by atoms with Crippen LogP contribution < -0.4 is 5.32 Å². The van der Waals surface area contributed by atoms with Gasteiger partial charge < -0.3 is 20.3 Å². The summed E-state index contributed by atoms with van der Waals surface area (Å²) in [6.45, 7) is 7.77. The van der Waals surface area contributed by atoms with Crippen LogP contribution in [0, 0.1) is 0 Å². The smallest absolute Gasteiger partial charge is 0.303 e. The molecule has 0 saturated carbocycles. The molecule has 7 heteroatoms. The van der Waals surface area contributed by atoms with Crippen molar-refractivity contribution in [1.82, 2.24) is 5.32 Å². The number of halogens is 2. The molecule has 0 radical (unpaired) electrons. The van der Waals surface area contributed by atoms with Crippen LogP contribution in [0.3, 0.4) is 0 Å². The summed E-state index contributed by atoms with van der Waals surface area (Å²) in [5, 5.41) is 21.4. The summed E-state index contributed by atoms with van der Waals surface area (Å²) in [6.07, 6.45) is 4.13. The Morgan fingerprint density at radius 2 is 1.85 bits per heavy atom. The third-order valence-corrected chi connectivity index (χ3v) is 3.80. The van der Waals surface area contributed by atoms with E-state index in [0.29, 0.717) is 31.4 Å². The molecule has 3 N–H and O–H groups in total. The van der Waals surface area contributed by atoms with E-state index in [4.69, 9.17) is 9.84 Å². The van der Waals surface area contributed by atoms with Crippen LogP contribution in [-0.2, 0) is 9.53 Å². The molecular weight excluding hydrogens is 356 g/mol. The van der Waals surface area contributed by atoms with Gasteiger partial charge in [-0.05, 0) is 50.8 Å². The van der Waals surface area contributed by atoms with E-state index in [1.165, 1.54) is 6.08 Å². The number of hydrogen-bond acceptors (Lipinski definition) is 4. The zero-order valence-corrected chi connectivity index (χ0v) is 16.7. The molecule has 0 aromatic carbocycles. The maximum absolute atomic E-state index is 13.9. The highest BCUT2D eigenvalue weighted by molar-refractivity contribution is 5.66. The highest BCUT2D eigenvalue weighted by atomic mass is 19.2. The zero-order valence-electron chi connectivity index (χ0n) is 16.7. The summed E-state index contributed by atoms with van der Waals surface area (Å²) < 4.78 is 33.1. The minimum atomic E-state index is -0.994. The molecule has 0 bridgehead atoms. The number of allylic oxidation sites excluding steroid dienone is 5. The van der Waals surface area contributed by atoms with Crippen LogP contribution >= 0.6 is 0 Å². The van der Waals surface area contributed by atoms with Crippen molar-refractivity contribution in [1.29, 1.82) is 0 Å². The average Bonchev–Trinajstić information content (AvgIpc) is 2.59.